The number of hydrogen-bond acceptors (Lipinski definition) is 2. The molecular formula is C16H17ClN2O. The lowest BCUT2D eigenvalue weighted by atomic mass is 10.1. The molecule has 1 amide bonds. The fraction of sp³-hybridized carbons (Fsp3) is 0.188. The Kier molecular flexibility index (Phi) is 4.30. The molecule has 0 aromatic heterocycles. The number of halogens is 1. The summed E-state index contributed by atoms with van der Waals surface area (Å²) in [5, 5.41) is 3.58. The third kappa shape index (κ3) is 3.11. The smallest absolute Gasteiger partial charge is 0.251 e. The van der Waals surface area contributed by atoms with Gasteiger partial charge < -0.3 is 11.1 Å². The van der Waals surface area contributed by atoms with Crippen LogP contribution in [0.2, 0.25) is 5.02 Å². The van der Waals surface area contributed by atoms with E-state index in [2.05, 4.69) is 5.32 Å². The maximum atomic E-state index is 12.2. The first-order valence-electron chi connectivity index (χ1n) is 6.40. The monoisotopic (exact) mass is 288 g/mol. The molecule has 3 N–H and O–H groups in total. The zero-order valence-electron chi connectivity index (χ0n) is 11.5. The molecule has 0 saturated carbocycles. The summed E-state index contributed by atoms with van der Waals surface area (Å²) in [4.78, 5) is 12.2. The van der Waals surface area contributed by atoms with Crippen molar-refractivity contribution >= 4 is 23.2 Å². The second-order valence-electron chi connectivity index (χ2n) is 4.79. The van der Waals surface area contributed by atoms with E-state index in [-0.39, 0.29) is 11.9 Å². The maximum Gasteiger partial charge on any atom is 0.251 e. The molecule has 0 aliphatic rings. The van der Waals surface area contributed by atoms with Crippen LogP contribution < -0.4 is 11.1 Å². The molecule has 1 unspecified atom stereocenters. The van der Waals surface area contributed by atoms with Crippen LogP contribution in [0.15, 0.2) is 42.5 Å². The van der Waals surface area contributed by atoms with Crippen molar-refractivity contribution in [2.75, 3.05) is 5.73 Å². The van der Waals surface area contributed by atoms with Crippen LogP contribution in [0.3, 0.4) is 0 Å². The summed E-state index contributed by atoms with van der Waals surface area (Å²) in [7, 11) is 0. The van der Waals surface area contributed by atoms with E-state index in [1.807, 2.05) is 38.1 Å². The molecule has 0 bridgehead atoms. The zero-order chi connectivity index (χ0) is 14.7. The average molecular weight is 289 g/mol. The molecule has 0 spiro atoms. The van der Waals surface area contributed by atoms with Crippen molar-refractivity contribution in [3.63, 3.8) is 0 Å². The normalized spacial score (nSPS) is 11.9. The molecule has 0 radical (unpaired) electrons. The SMILES string of the molecule is Cc1cc(C(=O)NC(C)c2ccccc2Cl)ccc1N. The van der Waals surface area contributed by atoms with Gasteiger partial charge in [-0.1, -0.05) is 29.8 Å². The highest BCUT2D eigenvalue weighted by atomic mass is 35.5. The summed E-state index contributed by atoms with van der Waals surface area (Å²) in [6, 6.07) is 12.6. The van der Waals surface area contributed by atoms with E-state index in [1.54, 1.807) is 18.2 Å². The molecule has 4 heteroatoms. The summed E-state index contributed by atoms with van der Waals surface area (Å²) in [5.74, 6) is -0.138. The van der Waals surface area contributed by atoms with Crippen LogP contribution in [0, 0.1) is 6.92 Å². The van der Waals surface area contributed by atoms with Crippen molar-refractivity contribution in [1.29, 1.82) is 0 Å². The van der Waals surface area contributed by atoms with Gasteiger partial charge in [-0.2, -0.15) is 0 Å². The molecule has 0 fully saturated rings. The lowest BCUT2D eigenvalue weighted by Gasteiger charge is -2.16. The molecule has 0 saturated heterocycles. The average Bonchev–Trinajstić information content (AvgIpc) is 2.42. The van der Waals surface area contributed by atoms with E-state index in [1.165, 1.54) is 0 Å². The zero-order valence-corrected chi connectivity index (χ0v) is 12.2. The van der Waals surface area contributed by atoms with Gasteiger partial charge in [0.25, 0.3) is 5.91 Å². The summed E-state index contributed by atoms with van der Waals surface area (Å²) in [6.07, 6.45) is 0. The molecule has 2 aromatic rings. The largest absolute Gasteiger partial charge is 0.399 e. The Morgan fingerprint density at radius 2 is 1.95 bits per heavy atom. The van der Waals surface area contributed by atoms with Gasteiger partial charge in [-0.05, 0) is 49.2 Å². The van der Waals surface area contributed by atoms with E-state index in [9.17, 15) is 4.79 Å². The number of anilines is 1. The van der Waals surface area contributed by atoms with E-state index < -0.39 is 0 Å². The number of aryl methyl sites for hydroxylation is 1. The van der Waals surface area contributed by atoms with Crippen LogP contribution in [0.1, 0.15) is 34.5 Å². The van der Waals surface area contributed by atoms with Crippen molar-refractivity contribution in [2.45, 2.75) is 19.9 Å². The van der Waals surface area contributed by atoms with Gasteiger partial charge in [0.1, 0.15) is 0 Å². The first-order valence-corrected chi connectivity index (χ1v) is 6.78. The van der Waals surface area contributed by atoms with Crippen molar-refractivity contribution < 1.29 is 4.79 Å². The molecule has 104 valence electrons. The van der Waals surface area contributed by atoms with Crippen LogP contribution in [-0.4, -0.2) is 5.91 Å². The van der Waals surface area contributed by atoms with E-state index in [0.717, 1.165) is 11.1 Å². The number of benzene rings is 2. The molecule has 2 aromatic carbocycles. The Morgan fingerprint density at radius 3 is 2.60 bits per heavy atom. The number of carbonyl (C=O) groups excluding carboxylic acids is 1. The summed E-state index contributed by atoms with van der Waals surface area (Å²) in [5.41, 5.74) is 8.82. The number of hydrogen-bond donors (Lipinski definition) is 2. The quantitative estimate of drug-likeness (QED) is 0.846. The van der Waals surface area contributed by atoms with Crippen molar-refractivity contribution in [1.82, 2.24) is 5.32 Å². The number of nitrogens with two attached hydrogens (primary N) is 1. The maximum absolute atomic E-state index is 12.2. The Hall–Kier alpha value is -2.00. The van der Waals surface area contributed by atoms with Gasteiger partial charge in [0.2, 0.25) is 0 Å². The first kappa shape index (κ1) is 14.4. The van der Waals surface area contributed by atoms with Crippen molar-refractivity contribution in [2.24, 2.45) is 0 Å². The molecule has 3 nitrogen and oxygen atoms in total. The van der Waals surface area contributed by atoms with E-state index in [0.29, 0.717) is 16.3 Å². The highest BCUT2D eigenvalue weighted by Gasteiger charge is 2.14. The fourth-order valence-electron chi connectivity index (χ4n) is 2.00. The predicted octanol–water partition coefficient (Wildman–Crippen LogP) is 3.72. The van der Waals surface area contributed by atoms with Crippen LogP contribution in [-0.2, 0) is 0 Å². The molecule has 2 rings (SSSR count). The van der Waals surface area contributed by atoms with Crippen LogP contribution in [0.5, 0.6) is 0 Å². The molecule has 0 aliphatic carbocycles. The molecule has 0 heterocycles. The summed E-state index contributed by atoms with van der Waals surface area (Å²) >= 11 is 6.13. The van der Waals surface area contributed by atoms with Gasteiger partial charge >= 0.3 is 0 Å². The number of rotatable bonds is 3. The van der Waals surface area contributed by atoms with Crippen molar-refractivity contribution in [3.05, 3.63) is 64.2 Å². The highest BCUT2D eigenvalue weighted by Crippen LogP contribution is 2.22. The molecule has 20 heavy (non-hydrogen) atoms. The van der Waals surface area contributed by atoms with Gasteiger partial charge in [-0.3, -0.25) is 4.79 Å². The van der Waals surface area contributed by atoms with Gasteiger partial charge in [0.05, 0.1) is 6.04 Å². The standard InChI is InChI=1S/C16H17ClN2O/c1-10-9-12(7-8-15(10)18)16(20)19-11(2)13-5-3-4-6-14(13)17/h3-9,11H,18H2,1-2H3,(H,19,20). The van der Waals surface area contributed by atoms with Crippen LogP contribution in [0.4, 0.5) is 5.69 Å². The van der Waals surface area contributed by atoms with E-state index >= 15 is 0 Å². The van der Waals surface area contributed by atoms with Gasteiger partial charge in [0.15, 0.2) is 0 Å². The minimum Gasteiger partial charge on any atom is -0.399 e. The van der Waals surface area contributed by atoms with Gasteiger partial charge in [-0.25, -0.2) is 0 Å². The summed E-state index contributed by atoms with van der Waals surface area (Å²) in [6.45, 7) is 3.78. The van der Waals surface area contributed by atoms with Gasteiger partial charge in [0, 0.05) is 16.3 Å². The minimum atomic E-state index is -0.158. The third-order valence-electron chi connectivity index (χ3n) is 3.25. The Bertz CT molecular complexity index is 640. The topological polar surface area (TPSA) is 55.1 Å². The Morgan fingerprint density at radius 1 is 1.25 bits per heavy atom. The van der Waals surface area contributed by atoms with Crippen LogP contribution >= 0.6 is 11.6 Å². The van der Waals surface area contributed by atoms with Crippen molar-refractivity contribution in [3.8, 4) is 0 Å². The first-order chi connectivity index (χ1) is 9.49. The minimum absolute atomic E-state index is 0.138. The fourth-order valence-corrected chi connectivity index (χ4v) is 2.30. The molecular weight excluding hydrogens is 272 g/mol. The third-order valence-corrected chi connectivity index (χ3v) is 3.60. The lowest BCUT2D eigenvalue weighted by molar-refractivity contribution is 0.0940. The van der Waals surface area contributed by atoms with Gasteiger partial charge in [-0.15, -0.1) is 0 Å². The second kappa shape index (κ2) is 5.97. The Balaban J connectivity index is 2.15. The Labute approximate surface area is 123 Å². The molecule has 1 atom stereocenters. The molecule has 0 aliphatic heterocycles. The number of nitrogen functional groups attached to an aromatic ring is 1. The number of amides is 1. The van der Waals surface area contributed by atoms with Crippen LogP contribution in [0.25, 0.3) is 0 Å². The second-order valence-corrected chi connectivity index (χ2v) is 5.20. The number of carbonyl (C=O) groups is 1. The van der Waals surface area contributed by atoms with E-state index in [4.69, 9.17) is 17.3 Å². The summed E-state index contributed by atoms with van der Waals surface area (Å²) < 4.78 is 0. The lowest BCUT2D eigenvalue weighted by Crippen LogP contribution is -2.26. The number of nitrogens with one attached hydrogen (secondary N) is 1. The highest BCUT2D eigenvalue weighted by molar-refractivity contribution is 6.31. The predicted molar refractivity (Wildman–Crippen MR) is 82.9 cm³/mol.